The van der Waals surface area contributed by atoms with Crippen LogP contribution in [0, 0.1) is 11.3 Å². The van der Waals surface area contributed by atoms with Gasteiger partial charge in [-0.1, -0.05) is 11.2 Å². The summed E-state index contributed by atoms with van der Waals surface area (Å²) in [4.78, 5) is 5.19. The summed E-state index contributed by atoms with van der Waals surface area (Å²) in [6, 6.07) is 12.8. The van der Waals surface area contributed by atoms with E-state index in [2.05, 4.69) is 16.2 Å². The molecular weight excluding hydrogens is 274 g/mol. The summed E-state index contributed by atoms with van der Waals surface area (Å²) in [5, 5.41) is 14.5. The van der Waals surface area contributed by atoms with E-state index in [9.17, 15) is 0 Å². The Morgan fingerprint density at radius 3 is 2.80 bits per heavy atom. The number of hydrogen-bond acceptors (Lipinski definition) is 6. The van der Waals surface area contributed by atoms with Gasteiger partial charge in [-0.3, -0.25) is 0 Å². The van der Waals surface area contributed by atoms with Crippen molar-refractivity contribution in [3.8, 4) is 22.6 Å². The summed E-state index contributed by atoms with van der Waals surface area (Å²) in [5.74, 6) is 1.64. The predicted molar refractivity (Wildman–Crippen MR) is 73.1 cm³/mol. The van der Waals surface area contributed by atoms with Crippen molar-refractivity contribution in [2.75, 3.05) is 0 Å². The summed E-state index contributed by atoms with van der Waals surface area (Å²) in [6.45, 7) is 0.223. The van der Waals surface area contributed by atoms with E-state index in [-0.39, 0.29) is 6.61 Å². The molecule has 0 unspecified atom stereocenters. The Hall–Kier alpha value is -2.65. The molecule has 6 heteroatoms. The third-order valence-electron chi connectivity index (χ3n) is 2.55. The molecule has 98 valence electrons. The van der Waals surface area contributed by atoms with Crippen LogP contribution < -0.4 is 4.74 Å². The SMILES string of the molecule is N#Cc1ccc(OCc2noc(-c3cccs3)n2)cc1. The zero-order valence-electron chi connectivity index (χ0n) is 10.3. The van der Waals surface area contributed by atoms with Crippen LogP contribution in [0.2, 0.25) is 0 Å². The van der Waals surface area contributed by atoms with Gasteiger partial charge in [0.25, 0.3) is 5.89 Å². The quantitative estimate of drug-likeness (QED) is 0.735. The molecule has 0 N–H and O–H groups in total. The summed E-state index contributed by atoms with van der Waals surface area (Å²) >= 11 is 1.54. The highest BCUT2D eigenvalue weighted by Gasteiger charge is 2.09. The molecule has 0 aliphatic rings. The van der Waals surface area contributed by atoms with Gasteiger partial charge in [0.2, 0.25) is 5.82 Å². The predicted octanol–water partition coefficient (Wildman–Crippen LogP) is 3.25. The van der Waals surface area contributed by atoms with E-state index in [0.29, 0.717) is 23.0 Å². The zero-order chi connectivity index (χ0) is 13.8. The van der Waals surface area contributed by atoms with E-state index >= 15 is 0 Å². The van der Waals surface area contributed by atoms with Crippen molar-refractivity contribution in [3.05, 3.63) is 53.2 Å². The zero-order valence-corrected chi connectivity index (χ0v) is 11.1. The van der Waals surface area contributed by atoms with Gasteiger partial charge in [-0.25, -0.2) is 0 Å². The maximum absolute atomic E-state index is 8.71. The molecule has 2 aromatic heterocycles. The molecule has 0 fully saturated rings. The Kier molecular flexibility index (Phi) is 3.44. The summed E-state index contributed by atoms with van der Waals surface area (Å²) in [6.07, 6.45) is 0. The lowest BCUT2D eigenvalue weighted by atomic mass is 10.2. The lowest BCUT2D eigenvalue weighted by molar-refractivity contribution is 0.287. The van der Waals surface area contributed by atoms with Crippen molar-refractivity contribution in [2.45, 2.75) is 6.61 Å². The lowest BCUT2D eigenvalue weighted by Crippen LogP contribution is -1.97. The molecule has 0 amide bonds. The Balaban J connectivity index is 1.65. The van der Waals surface area contributed by atoms with Gasteiger partial charge < -0.3 is 9.26 Å². The molecule has 0 saturated carbocycles. The Morgan fingerprint density at radius 1 is 1.25 bits per heavy atom. The highest BCUT2D eigenvalue weighted by Crippen LogP contribution is 2.22. The van der Waals surface area contributed by atoms with Crippen molar-refractivity contribution in [1.82, 2.24) is 10.1 Å². The van der Waals surface area contributed by atoms with Crippen LogP contribution in [0.5, 0.6) is 5.75 Å². The molecule has 0 bridgehead atoms. The van der Waals surface area contributed by atoms with Crippen LogP contribution >= 0.6 is 11.3 Å². The molecule has 0 spiro atoms. The van der Waals surface area contributed by atoms with Crippen LogP contribution in [0.15, 0.2) is 46.3 Å². The molecule has 0 aliphatic heterocycles. The van der Waals surface area contributed by atoms with Crippen LogP contribution in [0.1, 0.15) is 11.4 Å². The molecule has 0 aliphatic carbocycles. The maximum atomic E-state index is 8.71. The monoisotopic (exact) mass is 283 g/mol. The molecule has 1 aromatic carbocycles. The fourth-order valence-corrected chi connectivity index (χ4v) is 2.23. The van der Waals surface area contributed by atoms with E-state index in [4.69, 9.17) is 14.5 Å². The van der Waals surface area contributed by atoms with Crippen LogP contribution in [0.25, 0.3) is 10.8 Å². The molecule has 2 heterocycles. The second-order valence-electron chi connectivity index (χ2n) is 3.92. The molecule has 0 saturated heterocycles. The summed E-state index contributed by atoms with van der Waals surface area (Å²) < 4.78 is 10.7. The first-order valence-corrected chi connectivity index (χ1v) is 6.72. The number of benzene rings is 1. The first-order chi connectivity index (χ1) is 9.85. The van der Waals surface area contributed by atoms with E-state index in [1.165, 1.54) is 0 Å². The van der Waals surface area contributed by atoms with Gasteiger partial charge in [0.15, 0.2) is 6.61 Å². The number of rotatable bonds is 4. The average molecular weight is 283 g/mol. The largest absolute Gasteiger partial charge is 0.485 e. The minimum Gasteiger partial charge on any atom is -0.485 e. The van der Waals surface area contributed by atoms with Gasteiger partial charge in [0.1, 0.15) is 5.75 Å². The van der Waals surface area contributed by atoms with Gasteiger partial charge in [-0.15, -0.1) is 11.3 Å². The molecule has 3 rings (SSSR count). The fraction of sp³-hybridized carbons (Fsp3) is 0.0714. The van der Waals surface area contributed by atoms with Crippen molar-refractivity contribution in [2.24, 2.45) is 0 Å². The van der Waals surface area contributed by atoms with Gasteiger partial charge in [-0.2, -0.15) is 10.2 Å². The van der Waals surface area contributed by atoms with E-state index in [0.717, 1.165) is 4.88 Å². The number of nitrogens with zero attached hydrogens (tertiary/aromatic N) is 3. The number of ether oxygens (including phenoxy) is 1. The van der Waals surface area contributed by atoms with Gasteiger partial charge >= 0.3 is 0 Å². The topological polar surface area (TPSA) is 71.9 Å². The molecule has 5 nitrogen and oxygen atoms in total. The van der Waals surface area contributed by atoms with Gasteiger partial charge in [0, 0.05) is 0 Å². The Morgan fingerprint density at radius 2 is 2.10 bits per heavy atom. The summed E-state index contributed by atoms with van der Waals surface area (Å²) in [5.41, 5.74) is 0.594. The summed E-state index contributed by atoms with van der Waals surface area (Å²) in [7, 11) is 0. The maximum Gasteiger partial charge on any atom is 0.268 e. The number of hydrogen-bond donors (Lipinski definition) is 0. The second kappa shape index (κ2) is 5.55. The highest BCUT2D eigenvalue weighted by atomic mass is 32.1. The number of thiophene rings is 1. The molecule has 20 heavy (non-hydrogen) atoms. The van der Waals surface area contributed by atoms with Gasteiger partial charge in [-0.05, 0) is 35.7 Å². The first-order valence-electron chi connectivity index (χ1n) is 5.84. The Labute approximate surface area is 119 Å². The standard InChI is InChI=1S/C14H9N3O2S/c15-8-10-3-5-11(6-4-10)18-9-13-16-14(19-17-13)12-2-1-7-20-12/h1-7H,9H2. The third-order valence-corrected chi connectivity index (χ3v) is 3.41. The van der Waals surface area contributed by atoms with E-state index in [1.54, 1.807) is 35.6 Å². The smallest absolute Gasteiger partial charge is 0.268 e. The number of aromatic nitrogens is 2. The fourth-order valence-electron chi connectivity index (χ4n) is 1.59. The normalized spacial score (nSPS) is 10.2. The highest BCUT2D eigenvalue weighted by molar-refractivity contribution is 7.13. The lowest BCUT2D eigenvalue weighted by Gasteiger charge is -2.02. The minimum atomic E-state index is 0.223. The van der Waals surface area contributed by atoms with Crippen molar-refractivity contribution in [3.63, 3.8) is 0 Å². The van der Waals surface area contributed by atoms with Crippen LogP contribution in [-0.2, 0) is 6.61 Å². The van der Waals surface area contributed by atoms with E-state index in [1.807, 2.05) is 17.5 Å². The third kappa shape index (κ3) is 2.68. The van der Waals surface area contributed by atoms with Gasteiger partial charge in [0.05, 0.1) is 16.5 Å². The van der Waals surface area contributed by atoms with E-state index < -0.39 is 0 Å². The van der Waals surface area contributed by atoms with Crippen LogP contribution in [0.4, 0.5) is 0 Å². The Bertz CT molecular complexity index is 727. The molecule has 0 radical (unpaired) electrons. The van der Waals surface area contributed by atoms with Crippen molar-refractivity contribution >= 4 is 11.3 Å². The minimum absolute atomic E-state index is 0.223. The van der Waals surface area contributed by atoms with Crippen LogP contribution in [-0.4, -0.2) is 10.1 Å². The average Bonchev–Trinajstić information content (AvgIpc) is 3.16. The van der Waals surface area contributed by atoms with Crippen molar-refractivity contribution in [1.29, 1.82) is 5.26 Å². The first kappa shape index (κ1) is 12.4. The second-order valence-corrected chi connectivity index (χ2v) is 4.87. The molecular formula is C14H9N3O2S. The van der Waals surface area contributed by atoms with Crippen LogP contribution in [0.3, 0.4) is 0 Å². The van der Waals surface area contributed by atoms with Crippen molar-refractivity contribution < 1.29 is 9.26 Å². The molecule has 3 aromatic rings. The number of nitriles is 1. The molecule has 0 atom stereocenters.